The van der Waals surface area contributed by atoms with Gasteiger partial charge in [0.05, 0.1) is 18.8 Å². The van der Waals surface area contributed by atoms with Crippen molar-refractivity contribution in [3.8, 4) is 0 Å². The maximum atomic E-state index is 9.20. The third-order valence-corrected chi connectivity index (χ3v) is 3.15. The monoisotopic (exact) mass is 236 g/mol. The molecule has 0 radical (unpaired) electrons. The zero-order chi connectivity index (χ0) is 12.4. The molecule has 2 rings (SSSR count). The van der Waals surface area contributed by atoms with Crippen LogP contribution < -0.4 is 10.6 Å². The molecule has 3 N–H and O–H groups in total. The number of aliphatic hydroxyl groups is 1. The summed E-state index contributed by atoms with van der Waals surface area (Å²) in [6, 6.07) is 6.04. The van der Waals surface area contributed by atoms with Crippen molar-refractivity contribution in [2.45, 2.75) is 26.1 Å². The summed E-state index contributed by atoms with van der Waals surface area (Å²) in [6.07, 6.45) is 0.0374. The average molecular weight is 236 g/mol. The van der Waals surface area contributed by atoms with Crippen LogP contribution in [0.3, 0.4) is 0 Å². The maximum Gasteiger partial charge on any atom is 0.0984 e. The molecule has 4 heteroatoms. The van der Waals surface area contributed by atoms with Gasteiger partial charge in [0.25, 0.3) is 0 Å². The number of nitrogen functional groups attached to an aromatic ring is 1. The Kier molecular flexibility index (Phi) is 3.54. The minimum absolute atomic E-state index is 0.0643. The molecule has 1 saturated heterocycles. The molecule has 94 valence electrons. The van der Waals surface area contributed by atoms with Crippen LogP contribution in [0.4, 0.5) is 11.4 Å². The van der Waals surface area contributed by atoms with E-state index in [4.69, 9.17) is 10.5 Å². The second-order valence-corrected chi connectivity index (χ2v) is 4.70. The van der Waals surface area contributed by atoms with Crippen LogP contribution in [0.25, 0.3) is 0 Å². The van der Waals surface area contributed by atoms with E-state index >= 15 is 0 Å². The molecular formula is C13H20N2O2. The highest BCUT2D eigenvalue weighted by Gasteiger charge is 2.24. The molecule has 2 atom stereocenters. The van der Waals surface area contributed by atoms with Crippen molar-refractivity contribution in [3.05, 3.63) is 23.8 Å². The first kappa shape index (κ1) is 12.2. The Morgan fingerprint density at radius 3 is 2.88 bits per heavy atom. The summed E-state index contributed by atoms with van der Waals surface area (Å²) in [7, 11) is 0. The highest BCUT2D eigenvalue weighted by atomic mass is 16.5. The van der Waals surface area contributed by atoms with Crippen molar-refractivity contribution in [2.75, 3.05) is 30.3 Å². The van der Waals surface area contributed by atoms with Gasteiger partial charge in [-0.15, -0.1) is 0 Å². The van der Waals surface area contributed by atoms with Gasteiger partial charge in [0.1, 0.15) is 0 Å². The molecule has 0 bridgehead atoms. The second-order valence-electron chi connectivity index (χ2n) is 4.70. The fourth-order valence-corrected chi connectivity index (χ4v) is 2.21. The van der Waals surface area contributed by atoms with Gasteiger partial charge in [-0.1, -0.05) is 0 Å². The predicted molar refractivity (Wildman–Crippen MR) is 69.2 cm³/mol. The van der Waals surface area contributed by atoms with Gasteiger partial charge < -0.3 is 20.5 Å². The molecule has 1 aliphatic heterocycles. The summed E-state index contributed by atoms with van der Waals surface area (Å²) >= 11 is 0. The summed E-state index contributed by atoms with van der Waals surface area (Å²) in [5.41, 5.74) is 8.86. The van der Waals surface area contributed by atoms with E-state index in [9.17, 15) is 5.11 Å². The maximum absolute atomic E-state index is 9.20. The average Bonchev–Trinajstić information content (AvgIpc) is 2.32. The van der Waals surface area contributed by atoms with E-state index in [0.717, 1.165) is 30.0 Å². The van der Waals surface area contributed by atoms with E-state index in [-0.39, 0.29) is 18.8 Å². The SMILES string of the molecule is Cc1cc(N2CC(C)OC(CO)C2)ccc1N. The van der Waals surface area contributed by atoms with Crippen LogP contribution in [0.2, 0.25) is 0 Å². The quantitative estimate of drug-likeness (QED) is 0.757. The Hall–Kier alpha value is -1.26. The molecular weight excluding hydrogens is 216 g/mol. The number of morpholine rings is 1. The number of nitrogens with two attached hydrogens (primary N) is 1. The van der Waals surface area contributed by atoms with Crippen molar-refractivity contribution in [2.24, 2.45) is 0 Å². The fourth-order valence-electron chi connectivity index (χ4n) is 2.21. The molecule has 1 heterocycles. The van der Waals surface area contributed by atoms with Gasteiger partial charge in [-0.05, 0) is 37.6 Å². The first-order chi connectivity index (χ1) is 8.10. The van der Waals surface area contributed by atoms with E-state index in [0.29, 0.717) is 0 Å². The van der Waals surface area contributed by atoms with E-state index < -0.39 is 0 Å². The lowest BCUT2D eigenvalue weighted by atomic mass is 10.1. The lowest BCUT2D eigenvalue weighted by molar-refractivity contribution is -0.0421. The van der Waals surface area contributed by atoms with Crippen LogP contribution in [-0.2, 0) is 4.74 Å². The number of aryl methyl sites for hydroxylation is 1. The van der Waals surface area contributed by atoms with Crippen molar-refractivity contribution >= 4 is 11.4 Å². The van der Waals surface area contributed by atoms with E-state index in [2.05, 4.69) is 11.0 Å². The van der Waals surface area contributed by atoms with Gasteiger partial charge >= 0.3 is 0 Å². The molecule has 0 amide bonds. The number of ether oxygens (including phenoxy) is 1. The van der Waals surface area contributed by atoms with Gasteiger partial charge in [0.2, 0.25) is 0 Å². The van der Waals surface area contributed by atoms with Crippen molar-refractivity contribution in [3.63, 3.8) is 0 Å². The standard InChI is InChI=1S/C13H20N2O2/c1-9-5-11(3-4-13(9)14)15-6-10(2)17-12(7-15)8-16/h3-5,10,12,16H,6-8,14H2,1-2H3. The largest absolute Gasteiger partial charge is 0.399 e. The summed E-state index contributed by atoms with van der Waals surface area (Å²) < 4.78 is 5.62. The summed E-state index contributed by atoms with van der Waals surface area (Å²) in [4.78, 5) is 2.24. The molecule has 2 unspecified atom stereocenters. The molecule has 0 spiro atoms. The molecule has 17 heavy (non-hydrogen) atoms. The van der Waals surface area contributed by atoms with Gasteiger partial charge in [0, 0.05) is 24.5 Å². The van der Waals surface area contributed by atoms with Crippen LogP contribution in [0, 0.1) is 6.92 Å². The van der Waals surface area contributed by atoms with Crippen molar-refractivity contribution < 1.29 is 9.84 Å². The lowest BCUT2D eigenvalue weighted by Crippen LogP contribution is -2.48. The Morgan fingerprint density at radius 1 is 1.47 bits per heavy atom. The van der Waals surface area contributed by atoms with E-state index in [1.165, 1.54) is 0 Å². The normalized spacial score (nSPS) is 25.0. The summed E-state index contributed by atoms with van der Waals surface area (Å²) in [5, 5.41) is 9.20. The molecule has 4 nitrogen and oxygen atoms in total. The fraction of sp³-hybridized carbons (Fsp3) is 0.538. The van der Waals surface area contributed by atoms with Crippen molar-refractivity contribution in [1.82, 2.24) is 0 Å². The number of hydrogen-bond acceptors (Lipinski definition) is 4. The zero-order valence-electron chi connectivity index (χ0n) is 10.4. The van der Waals surface area contributed by atoms with Crippen LogP contribution in [-0.4, -0.2) is 37.0 Å². The van der Waals surface area contributed by atoms with Crippen molar-refractivity contribution in [1.29, 1.82) is 0 Å². The molecule has 1 fully saturated rings. The number of anilines is 2. The number of hydrogen-bond donors (Lipinski definition) is 2. The molecule has 0 aliphatic carbocycles. The zero-order valence-corrected chi connectivity index (χ0v) is 10.4. The van der Waals surface area contributed by atoms with Crippen LogP contribution >= 0.6 is 0 Å². The number of aliphatic hydroxyl groups excluding tert-OH is 1. The minimum atomic E-state index is -0.100. The summed E-state index contributed by atoms with van der Waals surface area (Å²) in [5.74, 6) is 0. The van der Waals surface area contributed by atoms with Crippen LogP contribution in [0.5, 0.6) is 0 Å². The lowest BCUT2D eigenvalue weighted by Gasteiger charge is -2.37. The van der Waals surface area contributed by atoms with Gasteiger partial charge in [-0.2, -0.15) is 0 Å². The molecule has 0 saturated carbocycles. The number of rotatable bonds is 2. The second kappa shape index (κ2) is 4.94. The van der Waals surface area contributed by atoms with Crippen LogP contribution in [0.1, 0.15) is 12.5 Å². The van der Waals surface area contributed by atoms with Crippen LogP contribution in [0.15, 0.2) is 18.2 Å². The third-order valence-electron chi connectivity index (χ3n) is 3.15. The molecule has 1 aliphatic rings. The Labute approximate surface area is 102 Å². The molecule has 1 aromatic carbocycles. The number of nitrogens with zero attached hydrogens (tertiary/aromatic N) is 1. The highest BCUT2D eigenvalue weighted by molar-refractivity contribution is 5.58. The molecule has 0 aromatic heterocycles. The predicted octanol–water partition coefficient (Wildman–Crippen LogP) is 1.16. The first-order valence-corrected chi connectivity index (χ1v) is 5.97. The van der Waals surface area contributed by atoms with E-state index in [1.54, 1.807) is 0 Å². The van der Waals surface area contributed by atoms with Gasteiger partial charge in [-0.25, -0.2) is 0 Å². The van der Waals surface area contributed by atoms with E-state index in [1.807, 2.05) is 26.0 Å². The third kappa shape index (κ3) is 2.70. The smallest absolute Gasteiger partial charge is 0.0984 e. The topological polar surface area (TPSA) is 58.7 Å². The Balaban J connectivity index is 2.17. The number of benzene rings is 1. The highest BCUT2D eigenvalue weighted by Crippen LogP contribution is 2.23. The molecule has 1 aromatic rings. The Bertz CT molecular complexity index is 395. The van der Waals surface area contributed by atoms with Gasteiger partial charge in [0.15, 0.2) is 0 Å². The van der Waals surface area contributed by atoms with Gasteiger partial charge in [-0.3, -0.25) is 0 Å². The Morgan fingerprint density at radius 2 is 2.24 bits per heavy atom. The summed E-state index contributed by atoms with van der Waals surface area (Å²) in [6.45, 7) is 5.67. The minimum Gasteiger partial charge on any atom is -0.399 e. The first-order valence-electron chi connectivity index (χ1n) is 5.97.